The molecular formula is C26H23N3O4. The van der Waals surface area contributed by atoms with Gasteiger partial charge in [-0.25, -0.2) is 0 Å². The Bertz CT molecular complexity index is 1230. The van der Waals surface area contributed by atoms with Gasteiger partial charge in [0.1, 0.15) is 5.76 Å². The monoisotopic (exact) mass is 441 g/mol. The first-order valence-electron chi connectivity index (χ1n) is 10.6. The van der Waals surface area contributed by atoms with E-state index in [4.69, 9.17) is 0 Å². The molecule has 1 aliphatic rings. The molecule has 1 atom stereocenters. The van der Waals surface area contributed by atoms with Gasteiger partial charge in [0.25, 0.3) is 11.7 Å². The van der Waals surface area contributed by atoms with E-state index in [2.05, 4.69) is 10.3 Å². The smallest absolute Gasteiger partial charge is 0.300 e. The fraction of sp³-hybridized carbons (Fsp3) is 0.154. The Morgan fingerprint density at radius 1 is 1.00 bits per heavy atom. The van der Waals surface area contributed by atoms with Crippen molar-refractivity contribution in [2.24, 2.45) is 0 Å². The molecule has 2 heterocycles. The molecule has 1 unspecified atom stereocenters. The zero-order valence-electron chi connectivity index (χ0n) is 18.3. The van der Waals surface area contributed by atoms with Gasteiger partial charge in [0.15, 0.2) is 0 Å². The fourth-order valence-corrected chi connectivity index (χ4v) is 3.92. The second kappa shape index (κ2) is 9.08. The van der Waals surface area contributed by atoms with E-state index in [-0.39, 0.29) is 17.2 Å². The van der Waals surface area contributed by atoms with Crippen molar-refractivity contribution < 1.29 is 19.5 Å². The van der Waals surface area contributed by atoms with Gasteiger partial charge in [0.05, 0.1) is 11.6 Å². The van der Waals surface area contributed by atoms with Gasteiger partial charge in [-0.3, -0.25) is 24.3 Å². The van der Waals surface area contributed by atoms with Crippen LogP contribution in [0.2, 0.25) is 0 Å². The van der Waals surface area contributed by atoms with Crippen LogP contribution in [0.3, 0.4) is 0 Å². The second-order valence-electron chi connectivity index (χ2n) is 7.73. The molecule has 166 valence electrons. The molecule has 2 amide bonds. The number of aliphatic hydroxyl groups is 1. The quantitative estimate of drug-likeness (QED) is 0.351. The number of hydrogen-bond acceptors (Lipinski definition) is 5. The van der Waals surface area contributed by atoms with E-state index in [0.717, 1.165) is 12.0 Å². The molecule has 7 heteroatoms. The minimum absolute atomic E-state index is 0.0152. The highest BCUT2D eigenvalue weighted by Crippen LogP contribution is 2.42. The van der Waals surface area contributed by atoms with E-state index in [0.29, 0.717) is 22.5 Å². The van der Waals surface area contributed by atoms with Crippen molar-refractivity contribution in [1.82, 2.24) is 4.98 Å². The minimum Gasteiger partial charge on any atom is -0.507 e. The van der Waals surface area contributed by atoms with Gasteiger partial charge in [-0.15, -0.1) is 0 Å². The molecule has 1 saturated heterocycles. The normalized spacial score (nSPS) is 17.3. The van der Waals surface area contributed by atoms with Crippen molar-refractivity contribution in [2.45, 2.75) is 26.3 Å². The largest absolute Gasteiger partial charge is 0.507 e. The molecule has 0 bridgehead atoms. The first kappa shape index (κ1) is 22.0. The number of hydrogen-bond donors (Lipinski definition) is 2. The van der Waals surface area contributed by atoms with Crippen LogP contribution in [0.4, 0.5) is 11.4 Å². The van der Waals surface area contributed by atoms with Crippen LogP contribution in [0.15, 0.2) is 78.6 Å². The van der Waals surface area contributed by atoms with Crippen molar-refractivity contribution in [3.05, 3.63) is 95.3 Å². The van der Waals surface area contributed by atoms with Crippen LogP contribution >= 0.6 is 0 Å². The molecule has 0 aliphatic carbocycles. The lowest BCUT2D eigenvalue weighted by molar-refractivity contribution is -0.132. The number of ketones is 1. The lowest BCUT2D eigenvalue weighted by Gasteiger charge is -2.26. The number of aliphatic hydroxyl groups excluding tert-OH is 1. The van der Waals surface area contributed by atoms with E-state index in [1.807, 2.05) is 31.2 Å². The summed E-state index contributed by atoms with van der Waals surface area (Å²) in [5, 5.41) is 13.7. The van der Waals surface area contributed by atoms with Crippen LogP contribution in [0.25, 0.3) is 5.76 Å². The topological polar surface area (TPSA) is 99.6 Å². The Labute approximate surface area is 191 Å². The second-order valence-corrected chi connectivity index (χ2v) is 7.73. The highest BCUT2D eigenvalue weighted by molar-refractivity contribution is 6.51. The summed E-state index contributed by atoms with van der Waals surface area (Å²) in [6, 6.07) is 16.6. The van der Waals surface area contributed by atoms with Crippen LogP contribution < -0.4 is 10.2 Å². The van der Waals surface area contributed by atoms with Gasteiger partial charge in [0.2, 0.25) is 5.91 Å². The molecule has 0 saturated carbocycles. The fourth-order valence-electron chi connectivity index (χ4n) is 3.92. The van der Waals surface area contributed by atoms with Crippen molar-refractivity contribution in [2.75, 3.05) is 10.2 Å². The lowest BCUT2D eigenvalue weighted by atomic mass is 9.94. The van der Waals surface area contributed by atoms with Gasteiger partial charge < -0.3 is 10.4 Å². The summed E-state index contributed by atoms with van der Waals surface area (Å²) >= 11 is 0. The Kier molecular flexibility index (Phi) is 6.04. The maximum absolute atomic E-state index is 13.2. The highest BCUT2D eigenvalue weighted by Gasteiger charge is 2.46. The number of nitrogens with one attached hydrogen (secondary N) is 1. The average molecular weight is 441 g/mol. The lowest BCUT2D eigenvalue weighted by Crippen LogP contribution is -2.29. The molecule has 3 aromatic rings. The number of aromatic nitrogens is 1. The van der Waals surface area contributed by atoms with Crippen molar-refractivity contribution in [1.29, 1.82) is 0 Å². The molecule has 1 aromatic heterocycles. The number of amides is 2. The SMILES string of the molecule is CCc1ccc(C2/C(=C(/O)c3ccncc3)C(=O)C(=O)N2c2ccc(NC(C)=O)cc2)cc1. The Morgan fingerprint density at radius 3 is 2.21 bits per heavy atom. The summed E-state index contributed by atoms with van der Waals surface area (Å²) < 4.78 is 0. The third kappa shape index (κ3) is 4.25. The number of pyridine rings is 1. The van der Waals surface area contributed by atoms with Crippen molar-refractivity contribution in [3.8, 4) is 0 Å². The number of rotatable bonds is 5. The van der Waals surface area contributed by atoms with E-state index >= 15 is 0 Å². The number of carbonyl (C=O) groups excluding carboxylic acids is 3. The predicted octanol–water partition coefficient (Wildman–Crippen LogP) is 4.23. The van der Waals surface area contributed by atoms with E-state index in [9.17, 15) is 19.5 Å². The first-order valence-corrected chi connectivity index (χ1v) is 10.6. The summed E-state index contributed by atoms with van der Waals surface area (Å²) in [5.74, 6) is -1.96. The number of nitrogens with zero attached hydrogens (tertiary/aromatic N) is 2. The van der Waals surface area contributed by atoms with Crippen LogP contribution in [-0.2, 0) is 20.8 Å². The first-order chi connectivity index (χ1) is 15.9. The van der Waals surface area contributed by atoms with Crippen molar-refractivity contribution in [3.63, 3.8) is 0 Å². The molecule has 2 aromatic carbocycles. The summed E-state index contributed by atoms with van der Waals surface area (Å²) in [6.07, 6.45) is 3.87. The Balaban J connectivity index is 1.86. The number of anilines is 2. The van der Waals surface area contributed by atoms with Gasteiger partial charge in [-0.05, 0) is 53.9 Å². The third-order valence-corrected chi connectivity index (χ3v) is 5.57. The minimum atomic E-state index is -0.810. The Morgan fingerprint density at radius 2 is 1.64 bits per heavy atom. The molecule has 0 spiro atoms. The molecule has 0 radical (unpaired) electrons. The standard InChI is InChI=1S/C26H23N3O4/c1-3-17-4-6-18(7-5-17)23-22(24(31)19-12-14-27-15-13-19)25(32)26(33)29(23)21-10-8-20(9-11-21)28-16(2)30/h4-15,23,31H,3H2,1-2H3,(H,28,30)/b24-22-. The third-order valence-electron chi connectivity index (χ3n) is 5.57. The van der Waals surface area contributed by atoms with E-state index < -0.39 is 17.7 Å². The summed E-state index contributed by atoms with van der Waals surface area (Å²) in [4.78, 5) is 43.0. The number of Topliss-reactive ketones (excluding diaryl/α,β-unsaturated/α-hetero) is 1. The molecular weight excluding hydrogens is 418 g/mol. The summed E-state index contributed by atoms with van der Waals surface area (Å²) in [5.41, 5.74) is 3.28. The van der Waals surface area contributed by atoms with Gasteiger partial charge in [0, 0.05) is 36.3 Å². The van der Waals surface area contributed by atoms with Crippen LogP contribution in [0.1, 0.15) is 36.6 Å². The van der Waals surface area contributed by atoms with Crippen LogP contribution in [-0.4, -0.2) is 27.7 Å². The molecule has 33 heavy (non-hydrogen) atoms. The number of carbonyl (C=O) groups is 3. The average Bonchev–Trinajstić information content (AvgIpc) is 3.10. The molecule has 1 aliphatic heterocycles. The molecule has 2 N–H and O–H groups in total. The van der Waals surface area contributed by atoms with Crippen LogP contribution in [0, 0.1) is 0 Å². The number of benzene rings is 2. The molecule has 7 nitrogen and oxygen atoms in total. The van der Waals surface area contributed by atoms with Gasteiger partial charge in [-0.1, -0.05) is 31.2 Å². The zero-order chi connectivity index (χ0) is 23.5. The predicted molar refractivity (Wildman–Crippen MR) is 126 cm³/mol. The molecule has 1 fully saturated rings. The van der Waals surface area contributed by atoms with Crippen molar-refractivity contribution >= 4 is 34.7 Å². The van der Waals surface area contributed by atoms with E-state index in [1.165, 1.54) is 24.2 Å². The maximum Gasteiger partial charge on any atom is 0.300 e. The molecule has 4 rings (SSSR count). The van der Waals surface area contributed by atoms with Crippen LogP contribution in [0.5, 0.6) is 0 Å². The maximum atomic E-state index is 13.2. The Hall–Kier alpha value is -4.26. The van der Waals surface area contributed by atoms with Gasteiger partial charge >= 0.3 is 0 Å². The highest BCUT2D eigenvalue weighted by atomic mass is 16.3. The van der Waals surface area contributed by atoms with E-state index in [1.54, 1.807) is 36.4 Å². The summed E-state index contributed by atoms with van der Waals surface area (Å²) in [7, 11) is 0. The summed E-state index contributed by atoms with van der Waals surface area (Å²) in [6.45, 7) is 3.45. The number of aryl methyl sites for hydroxylation is 1. The zero-order valence-corrected chi connectivity index (χ0v) is 18.3. The van der Waals surface area contributed by atoms with Gasteiger partial charge in [-0.2, -0.15) is 0 Å².